The third-order valence-corrected chi connectivity index (χ3v) is 5.31. The van der Waals surface area contributed by atoms with E-state index in [1.165, 1.54) is 11.6 Å². The summed E-state index contributed by atoms with van der Waals surface area (Å²) in [5.41, 5.74) is 4.21. The molecular formula is C15H15FN2S2. The SMILES string of the molecule is NNC(CCc1ccsc1)c1cc2cc(F)ccc2s1. The lowest BCUT2D eigenvalue weighted by Gasteiger charge is -2.13. The molecule has 5 heteroatoms. The van der Waals surface area contributed by atoms with E-state index in [2.05, 4.69) is 22.3 Å². The number of hydrazine groups is 1. The second-order valence-electron chi connectivity index (χ2n) is 4.72. The molecule has 3 rings (SSSR count). The first-order valence-corrected chi connectivity index (χ1v) is 8.18. The topological polar surface area (TPSA) is 38.0 Å². The Labute approximate surface area is 125 Å². The summed E-state index contributed by atoms with van der Waals surface area (Å²) < 4.78 is 14.3. The molecule has 1 aromatic carbocycles. The number of fused-ring (bicyclic) bond motifs is 1. The number of rotatable bonds is 5. The van der Waals surface area contributed by atoms with Crippen LogP contribution in [0.1, 0.15) is 22.9 Å². The fraction of sp³-hybridized carbons (Fsp3) is 0.200. The summed E-state index contributed by atoms with van der Waals surface area (Å²) in [5.74, 6) is 5.48. The monoisotopic (exact) mass is 306 g/mol. The van der Waals surface area contributed by atoms with Crippen molar-refractivity contribution in [2.75, 3.05) is 0 Å². The average Bonchev–Trinajstić information content (AvgIpc) is 3.08. The first-order chi connectivity index (χ1) is 9.76. The third kappa shape index (κ3) is 2.91. The molecule has 20 heavy (non-hydrogen) atoms. The largest absolute Gasteiger partial charge is 0.271 e. The normalized spacial score (nSPS) is 12.9. The Hall–Kier alpha value is -1.27. The van der Waals surface area contributed by atoms with Gasteiger partial charge >= 0.3 is 0 Å². The van der Waals surface area contributed by atoms with Crippen molar-refractivity contribution in [3.63, 3.8) is 0 Å². The van der Waals surface area contributed by atoms with Crippen LogP contribution in [0.25, 0.3) is 10.1 Å². The number of thiophene rings is 2. The molecule has 0 amide bonds. The second kappa shape index (κ2) is 6.01. The van der Waals surface area contributed by atoms with E-state index in [1.54, 1.807) is 28.7 Å². The van der Waals surface area contributed by atoms with Crippen LogP contribution in [-0.4, -0.2) is 0 Å². The number of benzene rings is 1. The van der Waals surface area contributed by atoms with E-state index in [0.717, 1.165) is 27.8 Å². The highest BCUT2D eigenvalue weighted by Gasteiger charge is 2.13. The zero-order valence-corrected chi connectivity index (χ0v) is 12.4. The van der Waals surface area contributed by atoms with Gasteiger partial charge in [-0.1, -0.05) is 0 Å². The summed E-state index contributed by atoms with van der Waals surface area (Å²) in [6.07, 6.45) is 1.92. The minimum Gasteiger partial charge on any atom is -0.271 e. The van der Waals surface area contributed by atoms with Gasteiger partial charge in [-0.2, -0.15) is 11.3 Å². The Kier molecular flexibility index (Phi) is 4.12. The van der Waals surface area contributed by atoms with E-state index < -0.39 is 0 Å². The first-order valence-electron chi connectivity index (χ1n) is 6.42. The van der Waals surface area contributed by atoms with Crippen LogP contribution >= 0.6 is 22.7 Å². The quantitative estimate of drug-likeness (QED) is 0.546. The fourth-order valence-corrected chi connectivity index (χ4v) is 4.10. The van der Waals surface area contributed by atoms with Crippen LogP contribution in [0.2, 0.25) is 0 Å². The van der Waals surface area contributed by atoms with Gasteiger partial charge in [0.1, 0.15) is 5.82 Å². The maximum Gasteiger partial charge on any atom is 0.123 e. The molecule has 0 fully saturated rings. The molecule has 1 atom stereocenters. The molecule has 0 aliphatic rings. The highest BCUT2D eigenvalue weighted by atomic mass is 32.1. The number of nitrogens with two attached hydrogens (primary N) is 1. The Morgan fingerprint density at radius 2 is 2.15 bits per heavy atom. The number of halogens is 1. The number of nitrogens with one attached hydrogen (secondary N) is 1. The van der Waals surface area contributed by atoms with Crippen molar-refractivity contribution in [2.45, 2.75) is 18.9 Å². The van der Waals surface area contributed by atoms with Crippen LogP contribution in [0.15, 0.2) is 41.1 Å². The third-order valence-electron chi connectivity index (χ3n) is 3.34. The predicted octanol–water partition coefficient (Wildman–Crippen LogP) is 4.24. The fourth-order valence-electron chi connectivity index (χ4n) is 2.26. The maximum absolute atomic E-state index is 13.2. The van der Waals surface area contributed by atoms with Gasteiger partial charge in [0, 0.05) is 9.58 Å². The van der Waals surface area contributed by atoms with Crippen LogP contribution in [-0.2, 0) is 6.42 Å². The summed E-state index contributed by atoms with van der Waals surface area (Å²) in [6.45, 7) is 0. The summed E-state index contributed by atoms with van der Waals surface area (Å²) in [7, 11) is 0. The molecule has 3 aromatic rings. The van der Waals surface area contributed by atoms with Gasteiger partial charge in [-0.25, -0.2) is 4.39 Å². The van der Waals surface area contributed by atoms with Gasteiger partial charge in [0.15, 0.2) is 0 Å². The summed E-state index contributed by atoms with van der Waals surface area (Å²) in [5, 5.41) is 5.19. The van der Waals surface area contributed by atoms with Gasteiger partial charge in [0.2, 0.25) is 0 Å². The van der Waals surface area contributed by atoms with Gasteiger partial charge in [0.25, 0.3) is 0 Å². The van der Waals surface area contributed by atoms with Crippen LogP contribution in [0.5, 0.6) is 0 Å². The van der Waals surface area contributed by atoms with Crippen molar-refractivity contribution in [2.24, 2.45) is 5.84 Å². The number of aryl methyl sites for hydroxylation is 1. The number of hydrogen-bond acceptors (Lipinski definition) is 4. The van der Waals surface area contributed by atoms with E-state index in [-0.39, 0.29) is 11.9 Å². The van der Waals surface area contributed by atoms with E-state index in [4.69, 9.17) is 5.84 Å². The molecule has 0 aliphatic heterocycles. The van der Waals surface area contributed by atoms with Crippen molar-refractivity contribution < 1.29 is 4.39 Å². The van der Waals surface area contributed by atoms with Crippen molar-refractivity contribution in [3.05, 3.63) is 57.3 Å². The van der Waals surface area contributed by atoms with Crippen LogP contribution in [0, 0.1) is 5.82 Å². The van der Waals surface area contributed by atoms with Crippen molar-refractivity contribution in [3.8, 4) is 0 Å². The standard InChI is InChI=1S/C15H15FN2S2/c16-12-2-4-14-11(7-12)8-15(20-14)13(18-17)3-1-10-5-6-19-9-10/h2,4-9,13,18H,1,3,17H2. The Bertz CT molecular complexity index is 691. The molecule has 0 saturated carbocycles. The molecule has 104 valence electrons. The molecule has 3 N–H and O–H groups in total. The molecule has 2 aromatic heterocycles. The molecule has 0 aliphatic carbocycles. The van der Waals surface area contributed by atoms with Crippen LogP contribution in [0.3, 0.4) is 0 Å². The highest BCUT2D eigenvalue weighted by Crippen LogP contribution is 2.32. The predicted molar refractivity (Wildman–Crippen MR) is 84.5 cm³/mol. The van der Waals surface area contributed by atoms with Gasteiger partial charge in [-0.15, -0.1) is 11.3 Å². The molecular weight excluding hydrogens is 291 g/mol. The lowest BCUT2D eigenvalue weighted by molar-refractivity contribution is 0.524. The molecule has 0 radical (unpaired) electrons. The van der Waals surface area contributed by atoms with Gasteiger partial charge in [0.05, 0.1) is 6.04 Å². The average molecular weight is 306 g/mol. The molecule has 0 saturated heterocycles. The minimum absolute atomic E-state index is 0.107. The zero-order chi connectivity index (χ0) is 13.9. The molecule has 0 bridgehead atoms. The van der Waals surface area contributed by atoms with Crippen molar-refractivity contribution in [1.29, 1.82) is 0 Å². The Morgan fingerprint density at radius 3 is 2.90 bits per heavy atom. The van der Waals surface area contributed by atoms with Crippen LogP contribution in [0.4, 0.5) is 4.39 Å². The number of hydrogen-bond donors (Lipinski definition) is 2. The summed E-state index contributed by atoms with van der Waals surface area (Å²) in [4.78, 5) is 1.16. The lowest BCUT2D eigenvalue weighted by Crippen LogP contribution is -2.27. The van der Waals surface area contributed by atoms with Gasteiger partial charge < -0.3 is 0 Å². The molecule has 1 unspecified atom stereocenters. The van der Waals surface area contributed by atoms with Crippen LogP contribution < -0.4 is 11.3 Å². The lowest BCUT2D eigenvalue weighted by atomic mass is 10.1. The minimum atomic E-state index is -0.197. The smallest absolute Gasteiger partial charge is 0.123 e. The Balaban J connectivity index is 1.79. The maximum atomic E-state index is 13.2. The second-order valence-corrected chi connectivity index (χ2v) is 6.62. The Morgan fingerprint density at radius 1 is 1.25 bits per heavy atom. The van der Waals surface area contributed by atoms with E-state index >= 15 is 0 Å². The van der Waals surface area contributed by atoms with E-state index in [0.29, 0.717) is 0 Å². The van der Waals surface area contributed by atoms with Crippen molar-refractivity contribution >= 4 is 32.8 Å². The van der Waals surface area contributed by atoms with Gasteiger partial charge in [-0.3, -0.25) is 11.3 Å². The molecule has 2 heterocycles. The molecule has 0 spiro atoms. The highest BCUT2D eigenvalue weighted by molar-refractivity contribution is 7.19. The summed E-state index contributed by atoms with van der Waals surface area (Å²) >= 11 is 3.38. The van der Waals surface area contributed by atoms with Crippen molar-refractivity contribution in [1.82, 2.24) is 5.43 Å². The van der Waals surface area contributed by atoms with E-state index in [1.807, 2.05) is 12.1 Å². The summed E-state index contributed by atoms with van der Waals surface area (Å²) in [6, 6.07) is 9.17. The first kappa shape index (κ1) is 13.7. The molecule has 2 nitrogen and oxygen atoms in total. The van der Waals surface area contributed by atoms with Gasteiger partial charge in [-0.05, 0) is 64.9 Å². The van der Waals surface area contributed by atoms with E-state index in [9.17, 15) is 4.39 Å². The zero-order valence-electron chi connectivity index (χ0n) is 10.8.